The summed E-state index contributed by atoms with van der Waals surface area (Å²) in [4.78, 5) is 11.3. The van der Waals surface area contributed by atoms with Crippen LogP contribution in [0.5, 0.6) is 0 Å². The van der Waals surface area contributed by atoms with Gasteiger partial charge < -0.3 is 15.6 Å². The molecule has 0 saturated carbocycles. The largest absolute Gasteiger partial charge is 0.462 e. The fourth-order valence-corrected chi connectivity index (χ4v) is 0.750. The van der Waals surface area contributed by atoms with Crippen molar-refractivity contribution >= 4 is 5.97 Å². The Bertz CT molecular complexity index is 161. The third-order valence-corrected chi connectivity index (χ3v) is 2.08. The van der Waals surface area contributed by atoms with Crippen LogP contribution < -0.4 is 5.73 Å². The number of aliphatic hydroxyl groups excluding tert-OH is 1. The third kappa shape index (κ3) is 4.24. The first-order valence-corrected chi connectivity index (χ1v) is 4.61. The molecule has 0 aromatic heterocycles. The van der Waals surface area contributed by atoms with Crippen molar-refractivity contribution in [2.75, 3.05) is 6.54 Å². The number of hydrogen-bond donors (Lipinski definition) is 2. The summed E-state index contributed by atoms with van der Waals surface area (Å²) in [6.45, 7) is 5.44. The molecule has 0 radical (unpaired) electrons. The lowest BCUT2D eigenvalue weighted by Gasteiger charge is -2.18. The maximum Gasteiger partial charge on any atom is 0.311 e. The van der Waals surface area contributed by atoms with Crippen molar-refractivity contribution in [2.45, 2.75) is 39.4 Å². The Morgan fingerprint density at radius 1 is 1.54 bits per heavy atom. The van der Waals surface area contributed by atoms with E-state index in [4.69, 9.17) is 10.5 Å². The highest BCUT2D eigenvalue weighted by atomic mass is 16.5. The average Bonchev–Trinajstić information content (AvgIpc) is 2.14. The Hall–Kier alpha value is -0.610. The van der Waals surface area contributed by atoms with Crippen LogP contribution in [0, 0.1) is 5.92 Å². The Labute approximate surface area is 79.1 Å². The van der Waals surface area contributed by atoms with E-state index in [-0.39, 0.29) is 18.6 Å². The van der Waals surface area contributed by atoms with E-state index in [0.717, 1.165) is 6.42 Å². The van der Waals surface area contributed by atoms with Crippen LogP contribution in [0.3, 0.4) is 0 Å². The lowest BCUT2D eigenvalue weighted by Crippen LogP contribution is -2.34. The molecule has 0 unspecified atom stereocenters. The fraction of sp³-hybridized carbons (Fsp3) is 0.889. The van der Waals surface area contributed by atoms with Gasteiger partial charge in [0, 0.05) is 6.54 Å². The second-order valence-corrected chi connectivity index (χ2v) is 3.25. The SMILES string of the molecule is CC[C@@H](C)OC(=O)[C@@H](C)[C@@H](O)CN. The van der Waals surface area contributed by atoms with Crippen molar-refractivity contribution in [3.63, 3.8) is 0 Å². The van der Waals surface area contributed by atoms with Crippen molar-refractivity contribution < 1.29 is 14.6 Å². The minimum absolute atomic E-state index is 0.0801. The van der Waals surface area contributed by atoms with E-state index in [2.05, 4.69) is 0 Å². The van der Waals surface area contributed by atoms with E-state index in [0.29, 0.717) is 0 Å². The van der Waals surface area contributed by atoms with Gasteiger partial charge in [0.1, 0.15) is 0 Å². The molecule has 13 heavy (non-hydrogen) atoms. The van der Waals surface area contributed by atoms with Crippen LogP contribution >= 0.6 is 0 Å². The van der Waals surface area contributed by atoms with Gasteiger partial charge in [-0.3, -0.25) is 4.79 Å². The molecule has 0 aromatic carbocycles. The van der Waals surface area contributed by atoms with Gasteiger partial charge in [-0.2, -0.15) is 0 Å². The van der Waals surface area contributed by atoms with Crippen LogP contribution in [0.4, 0.5) is 0 Å². The summed E-state index contributed by atoms with van der Waals surface area (Å²) >= 11 is 0. The first-order chi connectivity index (χ1) is 6.02. The quantitative estimate of drug-likeness (QED) is 0.609. The Morgan fingerprint density at radius 2 is 2.08 bits per heavy atom. The summed E-state index contributed by atoms with van der Waals surface area (Å²) in [6, 6.07) is 0. The third-order valence-electron chi connectivity index (χ3n) is 2.08. The lowest BCUT2D eigenvalue weighted by atomic mass is 10.1. The van der Waals surface area contributed by atoms with Gasteiger partial charge in [-0.1, -0.05) is 6.92 Å². The fourth-order valence-electron chi connectivity index (χ4n) is 0.750. The van der Waals surface area contributed by atoms with Crippen LogP contribution in [0.1, 0.15) is 27.2 Å². The van der Waals surface area contributed by atoms with E-state index < -0.39 is 12.0 Å². The summed E-state index contributed by atoms with van der Waals surface area (Å²) in [5.74, 6) is -0.925. The molecule has 0 amide bonds. The Morgan fingerprint density at radius 3 is 2.46 bits per heavy atom. The van der Waals surface area contributed by atoms with E-state index >= 15 is 0 Å². The summed E-state index contributed by atoms with van der Waals surface area (Å²) in [5, 5.41) is 9.26. The van der Waals surface area contributed by atoms with E-state index in [1.54, 1.807) is 6.92 Å². The molecule has 0 aliphatic heterocycles. The molecule has 3 N–H and O–H groups in total. The summed E-state index contributed by atoms with van der Waals surface area (Å²) in [7, 11) is 0. The second-order valence-electron chi connectivity index (χ2n) is 3.25. The molecule has 78 valence electrons. The zero-order chi connectivity index (χ0) is 10.4. The number of nitrogens with two attached hydrogens (primary N) is 1. The van der Waals surface area contributed by atoms with Crippen LogP contribution in [0.25, 0.3) is 0 Å². The maximum atomic E-state index is 11.3. The van der Waals surface area contributed by atoms with Crippen molar-refractivity contribution in [3.8, 4) is 0 Å². The van der Waals surface area contributed by atoms with Crippen molar-refractivity contribution in [1.82, 2.24) is 0 Å². The van der Waals surface area contributed by atoms with E-state index in [1.165, 1.54) is 0 Å². The molecule has 0 spiro atoms. The predicted molar refractivity (Wildman–Crippen MR) is 50.1 cm³/mol. The molecule has 4 heteroatoms. The Kier molecular flexibility index (Phi) is 5.66. The lowest BCUT2D eigenvalue weighted by molar-refractivity contribution is -0.156. The monoisotopic (exact) mass is 189 g/mol. The van der Waals surface area contributed by atoms with Crippen LogP contribution in [-0.2, 0) is 9.53 Å². The molecule has 0 aliphatic carbocycles. The Balaban J connectivity index is 3.96. The van der Waals surface area contributed by atoms with Gasteiger partial charge in [0.05, 0.1) is 18.1 Å². The molecule has 0 bridgehead atoms. The minimum Gasteiger partial charge on any atom is -0.462 e. The predicted octanol–water partition coefficient (Wildman–Crippen LogP) is 0.284. The van der Waals surface area contributed by atoms with Gasteiger partial charge in [0.25, 0.3) is 0 Å². The number of carbonyl (C=O) groups excluding carboxylic acids is 1. The second kappa shape index (κ2) is 5.94. The van der Waals surface area contributed by atoms with Gasteiger partial charge in [0.15, 0.2) is 0 Å². The van der Waals surface area contributed by atoms with Gasteiger partial charge in [0.2, 0.25) is 0 Å². The molecule has 0 rings (SSSR count). The van der Waals surface area contributed by atoms with Gasteiger partial charge in [-0.05, 0) is 20.3 Å². The number of aliphatic hydroxyl groups is 1. The zero-order valence-electron chi connectivity index (χ0n) is 8.49. The average molecular weight is 189 g/mol. The molecular formula is C9H19NO3. The summed E-state index contributed by atoms with van der Waals surface area (Å²) < 4.78 is 5.03. The molecule has 4 nitrogen and oxygen atoms in total. The first kappa shape index (κ1) is 12.4. The molecule has 3 atom stereocenters. The standard InChI is InChI=1S/C9H19NO3/c1-4-6(2)13-9(12)7(3)8(11)5-10/h6-8,11H,4-5,10H2,1-3H3/t6-,7+,8+/m1/s1. The number of esters is 1. The molecule has 0 aromatic rings. The molecule has 0 saturated heterocycles. The van der Waals surface area contributed by atoms with Crippen LogP contribution in [0.2, 0.25) is 0 Å². The van der Waals surface area contributed by atoms with E-state index in [9.17, 15) is 9.90 Å². The van der Waals surface area contributed by atoms with Gasteiger partial charge in [-0.25, -0.2) is 0 Å². The number of hydrogen-bond acceptors (Lipinski definition) is 4. The van der Waals surface area contributed by atoms with Gasteiger partial charge in [-0.15, -0.1) is 0 Å². The topological polar surface area (TPSA) is 72.5 Å². The molecule has 0 heterocycles. The van der Waals surface area contributed by atoms with Crippen molar-refractivity contribution in [1.29, 1.82) is 0 Å². The van der Waals surface area contributed by atoms with Gasteiger partial charge >= 0.3 is 5.97 Å². The first-order valence-electron chi connectivity index (χ1n) is 4.61. The highest BCUT2D eigenvalue weighted by molar-refractivity contribution is 5.72. The normalized spacial score (nSPS) is 17.6. The molecule has 0 aliphatic rings. The smallest absolute Gasteiger partial charge is 0.311 e. The number of carbonyl (C=O) groups is 1. The molecule has 0 fully saturated rings. The number of rotatable bonds is 5. The highest BCUT2D eigenvalue weighted by Gasteiger charge is 2.23. The number of ether oxygens (including phenoxy) is 1. The van der Waals surface area contributed by atoms with Crippen molar-refractivity contribution in [3.05, 3.63) is 0 Å². The minimum atomic E-state index is -0.809. The maximum absolute atomic E-state index is 11.3. The zero-order valence-corrected chi connectivity index (χ0v) is 8.49. The summed E-state index contributed by atoms with van der Waals surface area (Å²) in [6.07, 6.45) is -0.131. The van der Waals surface area contributed by atoms with Crippen LogP contribution in [-0.4, -0.2) is 29.8 Å². The van der Waals surface area contributed by atoms with Crippen LogP contribution in [0.15, 0.2) is 0 Å². The molecular weight excluding hydrogens is 170 g/mol. The van der Waals surface area contributed by atoms with E-state index in [1.807, 2.05) is 13.8 Å². The van der Waals surface area contributed by atoms with Crippen molar-refractivity contribution in [2.24, 2.45) is 11.7 Å². The summed E-state index contributed by atoms with van der Waals surface area (Å²) in [5.41, 5.74) is 5.22. The highest BCUT2D eigenvalue weighted by Crippen LogP contribution is 2.07.